The van der Waals surface area contributed by atoms with Crippen LogP contribution in [0.3, 0.4) is 0 Å². The molecular formula is C98H61N2O2+. The molecule has 0 saturated heterocycles. The maximum absolute atomic E-state index is 7.92. The number of fused-ring (bicyclic) bond motifs is 6. The predicted molar refractivity (Wildman–Crippen MR) is 426 cm³/mol. The van der Waals surface area contributed by atoms with Crippen LogP contribution in [-0.4, -0.2) is 6.04 Å². The summed E-state index contributed by atoms with van der Waals surface area (Å²) in [6, 6.07) is 118. The number of aromatic nitrogens is 1. The van der Waals surface area contributed by atoms with E-state index in [1.54, 1.807) is 0 Å². The van der Waals surface area contributed by atoms with Gasteiger partial charge in [-0.3, -0.25) is 0 Å². The number of furan rings is 2. The highest BCUT2D eigenvalue weighted by Gasteiger charge is 2.33. The summed E-state index contributed by atoms with van der Waals surface area (Å²) in [5.41, 5.74) is 25.6. The van der Waals surface area contributed by atoms with E-state index in [0.717, 1.165) is 149 Å². The largest absolute Gasteiger partial charge is 0.455 e. The lowest BCUT2D eigenvalue weighted by Crippen LogP contribution is -2.34. The Bertz CT molecular complexity index is 6770. The van der Waals surface area contributed by atoms with Crippen LogP contribution in [0.15, 0.2) is 379 Å². The molecule has 0 spiro atoms. The molecule has 102 heavy (non-hydrogen) atoms. The molecule has 19 aromatic rings. The van der Waals surface area contributed by atoms with Crippen molar-refractivity contribution in [1.29, 1.82) is 0 Å². The SMILES string of the molecule is C1=CC2C(=CC=CN2c2ccc3c4ccc(-c5ccc(-c6ccccc6)cc5-c5ccccc5)c5oc6c(-c7ccc(-c8ccccc8-c8cccc9cc%10ccccc%10cc89)cc7)ccc(c7ccc(-[n+]8cccc9ccc(-c%10ccccc%10)cc98)c8oc2c3c87)c6c54)C(c2ccccc2)=C1. The molecule has 1 aliphatic heterocycles. The van der Waals surface area contributed by atoms with Crippen LogP contribution in [0.4, 0.5) is 5.69 Å². The first kappa shape index (κ1) is 57.6. The molecule has 0 N–H and O–H groups in total. The first-order chi connectivity index (χ1) is 50.6. The van der Waals surface area contributed by atoms with Crippen molar-refractivity contribution in [3.63, 3.8) is 0 Å². The number of hydrogen-bond acceptors (Lipinski definition) is 3. The second-order valence-electron chi connectivity index (χ2n) is 27.1. The van der Waals surface area contributed by atoms with Gasteiger partial charge in [-0.2, -0.15) is 4.57 Å². The third kappa shape index (κ3) is 9.06. The van der Waals surface area contributed by atoms with Crippen molar-refractivity contribution in [3.05, 3.63) is 375 Å². The van der Waals surface area contributed by atoms with Gasteiger partial charge in [-0.15, -0.1) is 0 Å². The van der Waals surface area contributed by atoms with Gasteiger partial charge in [-0.1, -0.05) is 273 Å². The zero-order valence-corrected chi connectivity index (χ0v) is 55.4. The summed E-state index contributed by atoms with van der Waals surface area (Å²) >= 11 is 0. The van der Waals surface area contributed by atoms with E-state index >= 15 is 0 Å². The van der Waals surface area contributed by atoms with Crippen LogP contribution in [0, 0.1) is 0 Å². The summed E-state index contributed by atoms with van der Waals surface area (Å²) in [7, 11) is 0. The van der Waals surface area contributed by atoms with Crippen molar-refractivity contribution in [2.45, 2.75) is 6.04 Å². The molecule has 16 aromatic carbocycles. The summed E-state index contributed by atoms with van der Waals surface area (Å²) in [4.78, 5) is 2.41. The molecule has 1 atom stereocenters. The molecule has 4 heteroatoms. The van der Waals surface area contributed by atoms with E-state index in [2.05, 4.69) is 374 Å². The van der Waals surface area contributed by atoms with Crippen LogP contribution in [0.25, 0.3) is 187 Å². The monoisotopic (exact) mass is 1300 g/mol. The van der Waals surface area contributed by atoms with Crippen molar-refractivity contribution in [3.8, 4) is 83.6 Å². The van der Waals surface area contributed by atoms with Gasteiger partial charge in [-0.05, 0) is 187 Å². The quantitative estimate of drug-likeness (QED) is 0.101. The summed E-state index contributed by atoms with van der Waals surface area (Å²) in [6.45, 7) is 0. The van der Waals surface area contributed by atoms with Gasteiger partial charge in [0.05, 0.1) is 11.7 Å². The van der Waals surface area contributed by atoms with Gasteiger partial charge in [0.1, 0.15) is 11.2 Å². The standard InChI is InChI=1S/C98H61N2O2/c1-5-21-61(22-6-1)70-45-46-78(85(59-70)64-27-11-4-12-28-64)84-50-49-81-83-51-53-88(99-56-20-37-79-74(35-18-38-87(79)99)63-25-9-3-10-26-63)97-93(83)94-82(52-54-89(98(94)102-97)100-55-19-32-67-43-44-71(60-90(67)100)62-23-7-2-8-24-62)80-48-47-75(95-91(80)92(81)96(84)101-95)66-41-39-65(40-42-66)73-33-15-16-34-76(73)77-36-17-31-72-57-68-29-13-14-30-69(68)58-86(72)77/h1-60,87H/q+1. The number of nitrogens with zero attached hydrogens (tertiary/aromatic N) is 2. The van der Waals surface area contributed by atoms with Gasteiger partial charge in [0.25, 0.3) is 5.69 Å². The van der Waals surface area contributed by atoms with Gasteiger partial charge in [0, 0.05) is 62.5 Å². The normalized spacial score (nSPS) is 13.8. The molecule has 0 fully saturated rings. The number of rotatable bonds is 10. The molecule has 21 rings (SSSR count). The molecule has 0 saturated carbocycles. The first-order valence-electron chi connectivity index (χ1n) is 35.1. The second-order valence-corrected chi connectivity index (χ2v) is 27.1. The minimum absolute atomic E-state index is 0.104. The Morgan fingerprint density at radius 3 is 1.53 bits per heavy atom. The van der Waals surface area contributed by atoms with Crippen LogP contribution in [0.1, 0.15) is 5.56 Å². The van der Waals surface area contributed by atoms with E-state index in [1.807, 2.05) is 0 Å². The van der Waals surface area contributed by atoms with Crippen molar-refractivity contribution in [2.75, 3.05) is 4.90 Å². The lowest BCUT2D eigenvalue weighted by Gasteiger charge is -2.35. The van der Waals surface area contributed by atoms with E-state index in [-0.39, 0.29) is 6.04 Å². The zero-order valence-electron chi connectivity index (χ0n) is 55.4. The Labute approximate surface area is 588 Å². The number of anilines is 1. The average Bonchev–Trinajstić information content (AvgIpc) is 1.51. The summed E-state index contributed by atoms with van der Waals surface area (Å²) in [6.07, 6.45) is 15.7. The highest BCUT2D eigenvalue weighted by molar-refractivity contribution is 6.39. The fourth-order valence-electron chi connectivity index (χ4n) is 16.8. The lowest BCUT2D eigenvalue weighted by atomic mass is 9.86. The first-order valence-corrected chi connectivity index (χ1v) is 35.1. The Hall–Kier alpha value is -13.4. The minimum atomic E-state index is -0.104. The average molecular weight is 1300 g/mol. The van der Waals surface area contributed by atoms with Gasteiger partial charge >= 0.3 is 0 Å². The molecule has 0 radical (unpaired) electrons. The Kier molecular flexibility index (Phi) is 13.1. The fraction of sp³-hybridized carbons (Fsp3) is 0.0102. The van der Waals surface area contributed by atoms with Crippen LogP contribution < -0.4 is 9.47 Å². The number of pyridine rings is 1. The van der Waals surface area contributed by atoms with E-state index in [9.17, 15) is 0 Å². The number of hydrogen-bond donors (Lipinski definition) is 0. The number of allylic oxidation sites excluding steroid dienone is 4. The van der Waals surface area contributed by atoms with Crippen molar-refractivity contribution < 1.29 is 13.4 Å². The molecule has 0 amide bonds. The highest BCUT2D eigenvalue weighted by atomic mass is 16.3. The van der Waals surface area contributed by atoms with Gasteiger partial charge in [-0.25, -0.2) is 0 Å². The summed E-state index contributed by atoms with van der Waals surface area (Å²) in [5, 5.41) is 14.6. The van der Waals surface area contributed by atoms with Crippen LogP contribution in [0.2, 0.25) is 0 Å². The number of benzene rings is 15. The Morgan fingerprint density at radius 2 is 0.794 bits per heavy atom. The highest BCUT2D eigenvalue weighted by Crippen LogP contribution is 2.53. The molecule has 3 aromatic heterocycles. The Morgan fingerprint density at radius 1 is 0.284 bits per heavy atom. The summed E-state index contributed by atoms with van der Waals surface area (Å²) in [5.74, 6) is 0. The van der Waals surface area contributed by atoms with Gasteiger partial charge in [0.2, 0.25) is 11.1 Å². The topological polar surface area (TPSA) is 33.4 Å². The lowest BCUT2D eigenvalue weighted by molar-refractivity contribution is -0.565. The van der Waals surface area contributed by atoms with Crippen LogP contribution in [0.5, 0.6) is 0 Å². The molecule has 1 aliphatic carbocycles. The van der Waals surface area contributed by atoms with Gasteiger partial charge < -0.3 is 13.7 Å². The molecule has 1 unspecified atom stereocenters. The second kappa shape index (κ2) is 23.1. The maximum Gasteiger partial charge on any atom is 0.254 e. The fourth-order valence-corrected chi connectivity index (χ4v) is 16.8. The van der Waals surface area contributed by atoms with Crippen molar-refractivity contribution in [1.82, 2.24) is 0 Å². The Balaban J connectivity index is 0.831. The maximum atomic E-state index is 7.92. The van der Waals surface area contributed by atoms with E-state index in [1.165, 1.54) is 54.9 Å². The molecular weight excluding hydrogens is 1240 g/mol. The van der Waals surface area contributed by atoms with Crippen molar-refractivity contribution >= 4 is 109 Å². The van der Waals surface area contributed by atoms with Crippen LogP contribution >= 0.6 is 0 Å². The molecule has 2 aliphatic rings. The molecule has 474 valence electrons. The van der Waals surface area contributed by atoms with E-state index < -0.39 is 0 Å². The molecule has 4 nitrogen and oxygen atoms in total. The zero-order chi connectivity index (χ0) is 66.9. The summed E-state index contributed by atoms with van der Waals surface area (Å²) < 4.78 is 18.2. The third-order valence-corrected chi connectivity index (χ3v) is 21.6. The van der Waals surface area contributed by atoms with E-state index in [0.29, 0.717) is 0 Å². The smallest absolute Gasteiger partial charge is 0.254 e. The molecule has 0 bridgehead atoms. The third-order valence-electron chi connectivity index (χ3n) is 21.6. The van der Waals surface area contributed by atoms with Crippen molar-refractivity contribution in [2.24, 2.45) is 0 Å². The molecule has 4 heterocycles. The predicted octanol–water partition coefficient (Wildman–Crippen LogP) is 25.9. The van der Waals surface area contributed by atoms with E-state index in [4.69, 9.17) is 8.83 Å². The van der Waals surface area contributed by atoms with Gasteiger partial charge in [0.15, 0.2) is 11.8 Å². The minimum Gasteiger partial charge on any atom is -0.455 e. The van der Waals surface area contributed by atoms with Crippen LogP contribution in [-0.2, 0) is 0 Å².